The first-order valence-corrected chi connectivity index (χ1v) is 17.3. The van der Waals surface area contributed by atoms with E-state index in [9.17, 15) is 9.59 Å². The molecule has 3 rings (SSSR count). The van der Waals surface area contributed by atoms with Crippen LogP contribution in [0.25, 0.3) is 11.2 Å². The number of carbonyl (C=O) groups is 2. The fourth-order valence-electron chi connectivity index (χ4n) is 4.19. The number of amides is 2. The van der Waals surface area contributed by atoms with E-state index in [-0.39, 0.29) is 30.9 Å². The Hall–Kier alpha value is -2.70. The van der Waals surface area contributed by atoms with Crippen LogP contribution in [0.1, 0.15) is 50.9 Å². The van der Waals surface area contributed by atoms with Crippen LogP contribution in [-0.4, -0.2) is 90.7 Å². The summed E-state index contributed by atoms with van der Waals surface area (Å²) in [5.74, 6) is 0.0283. The Kier molecular flexibility index (Phi) is 10.4. The zero-order valence-electron chi connectivity index (χ0n) is 24.7. The standard InChI is InChI=1S/C27H45N5O6Si/c1-19(17-35-5)29-25(33)21-16-32(18-36-12-13-39(6,7)8)24-23(21)30-22(14-28-24)37-20-10-9-11-31(15-20)26(34)38-27(2,3)4/h14,16,19-20H,9-13,15,17-18H2,1-8H3,(H,29,33)/t19-,20?/m0/s1. The van der Waals surface area contributed by atoms with Gasteiger partial charge in [0.25, 0.3) is 5.91 Å². The van der Waals surface area contributed by atoms with Crippen molar-refractivity contribution < 1.29 is 28.5 Å². The van der Waals surface area contributed by atoms with Gasteiger partial charge in [-0.1, -0.05) is 19.6 Å². The summed E-state index contributed by atoms with van der Waals surface area (Å²) in [6.07, 6.45) is 4.23. The molecule has 2 atom stereocenters. The highest BCUT2D eigenvalue weighted by atomic mass is 28.3. The third kappa shape index (κ3) is 9.47. The van der Waals surface area contributed by atoms with Gasteiger partial charge in [0.2, 0.25) is 5.88 Å². The molecular weight excluding hydrogens is 518 g/mol. The second-order valence-electron chi connectivity index (χ2n) is 12.4. The lowest BCUT2D eigenvalue weighted by molar-refractivity contribution is 0.00721. The predicted octanol–water partition coefficient (Wildman–Crippen LogP) is 4.29. The van der Waals surface area contributed by atoms with Crippen molar-refractivity contribution in [3.8, 4) is 5.88 Å². The van der Waals surface area contributed by atoms with E-state index in [1.807, 2.05) is 27.7 Å². The highest BCUT2D eigenvalue weighted by Crippen LogP contribution is 2.24. The van der Waals surface area contributed by atoms with Crippen molar-refractivity contribution in [2.45, 2.75) is 90.7 Å². The van der Waals surface area contributed by atoms with Crippen LogP contribution in [0.5, 0.6) is 5.88 Å². The van der Waals surface area contributed by atoms with Crippen molar-refractivity contribution in [2.24, 2.45) is 0 Å². The van der Waals surface area contributed by atoms with E-state index in [2.05, 4.69) is 34.9 Å². The number of likely N-dealkylation sites (tertiary alicyclic amines) is 1. The summed E-state index contributed by atoms with van der Waals surface area (Å²) in [5.41, 5.74) is 0.797. The van der Waals surface area contributed by atoms with E-state index in [1.54, 1.807) is 29.0 Å². The van der Waals surface area contributed by atoms with Crippen LogP contribution in [0.4, 0.5) is 4.79 Å². The van der Waals surface area contributed by atoms with Gasteiger partial charge in [0.15, 0.2) is 5.65 Å². The van der Waals surface area contributed by atoms with Crippen molar-refractivity contribution in [1.82, 2.24) is 24.8 Å². The van der Waals surface area contributed by atoms with Gasteiger partial charge in [-0.2, -0.15) is 0 Å². The number of rotatable bonds is 11. The van der Waals surface area contributed by atoms with E-state index in [4.69, 9.17) is 18.9 Å². The van der Waals surface area contributed by atoms with Crippen LogP contribution in [0.2, 0.25) is 25.7 Å². The molecule has 1 aliphatic heterocycles. The van der Waals surface area contributed by atoms with E-state index in [0.29, 0.717) is 48.9 Å². The number of aromatic nitrogens is 3. The maximum Gasteiger partial charge on any atom is 0.410 e. The topological polar surface area (TPSA) is 117 Å². The molecule has 2 aromatic rings. The summed E-state index contributed by atoms with van der Waals surface area (Å²) >= 11 is 0. The van der Waals surface area contributed by atoms with Crippen LogP contribution in [0.3, 0.4) is 0 Å². The zero-order chi connectivity index (χ0) is 28.8. The molecule has 0 bridgehead atoms. The highest BCUT2D eigenvalue weighted by Gasteiger charge is 2.29. The molecule has 11 nitrogen and oxygen atoms in total. The first-order chi connectivity index (χ1) is 18.3. The van der Waals surface area contributed by atoms with Gasteiger partial charge in [-0.25, -0.2) is 14.8 Å². The Balaban J connectivity index is 1.79. The number of fused-ring (bicyclic) bond motifs is 1. The van der Waals surface area contributed by atoms with Gasteiger partial charge in [0.1, 0.15) is 24.0 Å². The Morgan fingerprint density at radius 3 is 2.67 bits per heavy atom. The maximum absolute atomic E-state index is 13.2. The molecule has 1 aliphatic rings. The third-order valence-electron chi connectivity index (χ3n) is 6.13. The quantitative estimate of drug-likeness (QED) is 0.318. The Labute approximate surface area is 232 Å². The minimum absolute atomic E-state index is 0.178. The van der Waals surface area contributed by atoms with Crippen molar-refractivity contribution in [1.29, 1.82) is 0 Å². The monoisotopic (exact) mass is 563 g/mol. The van der Waals surface area contributed by atoms with Gasteiger partial charge in [-0.15, -0.1) is 0 Å². The summed E-state index contributed by atoms with van der Waals surface area (Å²) in [4.78, 5) is 36.7. The maximum atomic E-state index is 13.2. The number of nitrogens with zero attached hydrogens (tertiary/aromatic N) is 4. The second-order valence-corrected chi connectivity index (χ2v) is 18.0. The second kappa shape index (κ2) is 13.1. The molecule has 0 aromatic carbocycles. The molecule has 1 N–H and O–H groups in total. The molecule has 0 aliphatic carbocycles. The van der Waals surface area contributed by atoms with E-state index in [0.717, 1.165) is 18.9 Å². The molecule has 0 spiro atoms. The lowest BCUT2D eigenvalue weighted by Crippen LogP contribution is -2.46. The van der Waals surface area contributed by atoms with Crippen LogP contribution >= 0.6 is 0 Å². The SMILES string of the molecule is COC[C@H](C)NC(=O)c1cn(COCC[Si](C)(C)C)c2ncc(OC3CCCN(C(=O)OC(C)(C)C)C3)nc12. The van der Waals surface area contributed by atoms with Gasteiger partial charge >= 0.3 is 6.09 Å². The third-order valence-corrected chi connectivity index (χ3v) is 7.83. The molecule has 12 heteroatoms. The van der Waals surface area contributed by atoms with Gasteiger partial charge in [0.05, 0.1) is 24.9 Å². The van der Waals surface area contributed by atoms with Crippen LogP contribution in [0.15, 0.2) is 12.4 Å². The molecule has 39 heavy (non-hydrogen) atoms. The summed E-state index contributed by atoms with van der Waals surface area (Å²) in [5, 5.41) is 2.95. The smallest absolute Gasteiger partial charge is 0.410 e. The van der Waals surface area contributed by atoms with E-state index >= 15 is 0 Å². The Morgan fingerprint density at radius 1 is 1.26 bits per heavy atom. The Bertz CT molecular complexity index is 1130. The zero-order valence-corrected chi connectivity index (χ0v) is 25.7. The molecular formula is C27H45N5O6Si. The summed E-state index contributed by atoms with van der Waals surface area (Å²) in [6.45, 7) is 16.6. The number of hydrogen-bond donors (Lipinski definition) is 1. The molecule has 1 unspecified atom stereocenters. The first kappa shape index (κ1) is 30.8. The van der Waals surface area contributed by atoms with Crippen molar-refractivity contribution >= 4 is 31.2 Å². The summed E-state index contributed by atoms with van der Waals surface area (Å²) < 4.78 is 24.6. The number of nitrogens with one attached hydrogen (secondary N) is 1. The van der Waals surface area contributed by atoms with Crippen LogP contribution in [0, 0.1) is 0 Å². The van der Waals surface area contributed by atoms with Crippen LogP contribution in [-0.2, 0) is 20.9 Å². The fourth-order valence-corrected chi connectivity index (χ4v) is 4.95. The van der Waals surface area contributed by atoms with Gasteiger partial charge in [-0.05, 0) is 46.6 Å². The van der Waals surface area contributed by atoms with Gasteiger partial charge < -0.3 is 33.7 Å². The average molecular weight is 564 g/mol. The molecule has 2 aromatic heterocycles. The average Bonchev–Trinajstić information content (AvgIpc) is 3.18. The lowest BCUT2D eigenvalue weighted by Gasteiger charge is -2.33. The van der Waals surface area contributed by atoms with Gasteiger partial charge in [-0.3, -0.25) is 4.79 Å². The molecule has 1 saturated heterocycles. The molecule has 218 valence electrons. The van der Waals surface area contributed by atoms with Crippen molar-refractivity contribution in [2.75, 3.05) is 33.4 Å². The minimum Gasteiger partial charge on any atom is -0.471 e. The molecule has 1 fully saturated rings. The van der Waals surface area contributed by atoms with E-state index in [1.165, 1.54) is 0 Å². The van der Waals surface area contributed by atoms with Gasteiger partial charge in [0, 0.05) is 40.6 Å². The summed E-state index contributed by atoms with van der Waals surface area (Å²) in [6, 6.07) is 0.863. The fraction of sp³-hybridized carbons (Fsp3) is 0.704. The number of methoxy groups -OCH3 is 1. The molecule has 2 amide bonds. The predicted molar refractivity (Wildman–Crippen MR) is 152 cm³/mol. The number of hydrogen-bond acceptors (Lipinski definition) is 8. The highest BCUT2D eigenvalue weighted by molar-refractivity contribution is 6.76. The molecule has 3 heterocycles. The summed E-state index contributed by atoms with van der Waals surface area (Å²) in [7, 11) is 0.365. The molecule has 0 saturated carbocycles. The molecule has 0 radical (unpaired) electrons. The Morgan fingerprint density at radius 2 is 2.00 bits per heavy atom. The first-order valence-electron chi connectivity index (χ1n) is 13.6. The number of carbonyl (C=O) groups excluding carboxylic acids is 2. The van der Waals surface area contributed by atoms with Crippen molar-refractivity contribution in [3.63, 3.8) is 0 Å². The number of ether oxygens (including phenoxy) is 4. The largest absolute Gasteiger partial charge is 0.471 e. The lowest BCUT2D eigenvalue weighted by atomic mass is 10.1. The van der Waals surface area contributed by atoms with E-state index < -0.39 is 13.7 Å². The normalized spacial score (nSPS) is 17.2. The van der Waals surface area contributed by atoms with Crippen LogP contribution < -0.4 is 10.1 Å². The number of piperidine rings is 1. The van der Waals surface area contributed by atoms with Crippen molar-refractivity contribution in [3.05, 3.63) is 18.0 Å². The minimum atomic E-state index is -1.23.